The number of hydrogen-bond donors (Lipinski definition) is 4. The largest absolute Gasteiger partial charge is 0.490 e. The Labute approximate surface area is 265 Å². The number of likely N-dealkylation sites (tertiary alicyclic amines) is 1. The summed E-state index contributed by atoms with van der Waals surface area (Å²) in [5.74, 6) is -1.93. The number of carbonyl (C=O) groups is 3. The molecule has 12 nitrogen and oxygen atoms in total. The molecular formula is C30H27ClF3N7O5. The molecule has 46 heavy (non-hydrogen) atoms. The van der Waals surface area contributed by atoms with E-state index in [1.165, 1.54) is 0 Å². The number of fused-ring (bicyclic) bond motifs is 6. The molecule has 0 saturated carbocycles. The first kappa shape index (κ1) is 32.2. The average molecular weight is 658 g/mol. The molecular weight excluding hydrogens is 631 g/mol. The normalized spacial score (nSPS) is 15.5. The van der Waals surface area contributed by atoms with Gasteiger partial charge < -0.3 is 30.5 Å². The molecule has 2 aromatic carbocycles. The third-order valence-corrected chi connectivity index (χ3v) is 7.45. The third kappa shape index (κ3) is 7.90. The molecule has 6 bridgehead atoms. The topological polar surface area (TPSA) is 163 Å². The van der Waals surface area contributed by atoms with Gasteiger partial charge in [0, 0.05) is 36.2 Å². The Kier molecular flexibility index (Phi) is 9.41. The van der Waals surface area contributed by atoms with Crippen molar-refractivity contribution in [3.63, 3.8) is 0 Å². The predicted octanol–water partition coefficient (Wildman–Crippen LogP) is 5.75. The van der Waals surface area contributed by atoms with Crippen molar-refractivity contribution in [1.82, 2.24) is 20.0 Å². The molecule has 1 saturated heterocycles. The summed E-state index contributed by atoms with van der Waals surface area (Å²) in [5.41, 5.74) is 4.78. The lowest BCUT2D eigenvalue weighted by atomic mass is 10.0. The van der Waals surface area contributed by atoms with Gasteiger partial charge in [-0.05, 0) is 67.6 Å². The minimum absolute atomic E-state index is 0.115. The molecule has 2 aliphatic rings. The molecule has 0 aliphatic carbocycles. The Hall–Kier alpha value is -5.18. The van der Waals surface area contributed by atoms with Gasteiger partial charge >= 0.3 is 12.1 Å². The van der Waals surface area contributed by atoms with Gasteiger partial charge in [-0.15, -0.1) is 0 Å². The predicted molar refractivity (Wildman–Crippen MR) is 161 cm³/mol. The van der Waals surface area contributed by atoms with Crippen LogP contribution in [0.3, 0.4) is 0 Å². The van der Waals surface area contributed by atoms with Crippen molar-refractivity contribution < 1.29 is 37.2 Å². The summed E-state index contributed by atoms with van der Waals surface area (Å²) in [5, 5.41) is 21.0. The van der Waals surface area contributed by atoms with Gasteiger partial charge in [-0.1, -0.05) is 28.9 Å². The van der Waals surface area contributed by atoms with Gasteiger partial charge in [0.05, 0.1) is 12.1 Å². The number of amides is 2. The summed E-state index contributed by atoms with van der Waals surface area (Å²) in [7, 11) is 0. The van der Waals surface area contributed by atoms with Gasteiger partial charge in [-0.2, -0.15) is 18.2 Å². The molecule has 2 aliphatic heterocycles. The van der Waals surface area contributed by atoms with Crippen LogP contribution in [0.15, 0.2) is 59.3 Å². The minimum Gasteiger partial charge on any atom is -0.475 e. The maximum absolute atomic E-state index is 13.3. The van der Waals surface area contributed by atoms with Crippen LogP contribution in [0.1, 0.15) is 33.8 Å². The van der Waals surface area contributed by atoms with E-state index in [4.69, 9.17) is 26.0 Å². The zero-order valence-corrected chi connectivity index (χ0v) is 24.9. The van der Waals surface area contributed by atoms with Gasteiger partial charge in [0.25, 0.3) is 5.91 Å². The van der Waals surface area contributed by atoms with E-state index < -0.39 is 12.1 Å². The smallest absolute Gasteiger partial charge is 0.475 e. The first-order valence-corrected chi connectivity index (χ1v) is 14.4. The molecule has 4 heterocycles. The number of nitrogens with zero attached hydrogens (tertiary/aromatic N) is 4. The van der Waals surface area contributed by atoms with Crippen LogP contribution in [-0.4, -0.2) is 62.2 Å². The Bertz CT molecular complexity index is 1780. The van der Waals surface area contributed by atoms with Crippen LogP contribution in [0.4, 0.5) is 42.0 Å². The molecule has 1 unspecified atom stereocenters. The van der Waals surface area contributed by atoms with E-state index in [1.54, 1.807) is 24.1 Å². The number of alkyl halides is 3. The second-order valence-electron chi connectivity index (χ2n) is 10.6. The number of carboxylic acid groups (broad SMARTS) is 1. The van der Waals surface area contributed by atoms with E-state index in [0.29, 0.717) is 48.5 Å². The first-order valence-electron chi connectivity index (χ1n) is 14.0. The number of aromatic nitrogens is 3. The molecule has 16 heteroatoms. The minimum atomic E-state index is -5.08. The molecule has 0 radical (unpaired) electrons. The number of benzene rings is 2. The van der Waals surface area contributed by atoms with Crippen molar-refractivity contribution in [2.75, 3.05) is 29.0 Å². The van der Waals surface area contributed by atoms with Crippen molar-refractivity contribution in [3.8, 4) is 0 Å². The van der Waals surface area contributed by atoms with Crippen LogP contribution in [0.5, 0.6) is 0 Å². The van der Waals surface area contributed by atoms with Gasteiger partial charge in [0.1, 0.15) is 10.8 Å². The van der Waals surface area contributed by atoms with Gasteiger partial charge in [0.15, 0.2) is 11.5 Å². The van der Waals surface area contributed by atoms with Crippen molar-refractivity contribution in [2.24, 2.45) is 5.92 Å². The summed E-state index contributed by atoms with van der Waals surface area (Å²) in [6.45, 7) is 2.56. The van der Waals surface area contributed by atoms with Gasteiger partial charge in [0.2, 0.25) is 11.9 Å². The van der Waals surface area contributed by atoms with Crippen molar-refractivity contribution in [3.05, 3.63) is 82.3 Å². The zero-order valence-electron chi connectivity index (χ0n) is 24.2. The lowest BCUT2D eigenvalue weighted by molar-refractivity contribution is -0.192. The number of nitrogens with one attached hydrogen (secondary N) is 3. The molecule has 0 spiro atoms. The van der Waals surface area contributed by atoms with Crippen LogP contribution in [0, 0.1) is 12.8 Å². The van der Waals surface area contributed by atoms with Crippen molar-refractivity contribution in [2.45, 2.75) is 32.4 Å². The van der Waals surface area contributed by atoms with E-state index in [2.05, 4.69) is 43.2 Å². The fourth-order valence-electron chi connectivity index (χ4n) is 4.89. The maximum Gasteiger partial charge on any atom is 0.490 e. The number of anilines is 5. The van der Waals surface area contributed by atoms with Crippen molar-refractivity contribution in [1.29, 1.82) is 0 Å². The fraction of sp³-hybridized carbons (Fsp3) is 0.267. The van der Waals surface area contributed by atoms with E-state index >= 15 is 0 Å². The van der Waals surface area contributed by atoms with Crippen LogP contribution < -0.4 is 16.0 Å². The number of hydrogen-bond acceptors (Lipinski definition) is 9. The molecule has 1 atom stereocenters. The Morgan fingerprint density at radius 2 is 1.85 bits per heavy atom. The number of halogens is 4. The highest BCUT2D eigenvalue weighted by Crippen LogP contribution is 2.30. The molecule has 2 aromatic heterocycles. The molecule has 240 valence electrons. The molecule has 6 rings (SSSR count). The molecule has 1 fully saturated rings. The standard InChI is InChI=1S/C28H26ClN7O3.C2HF3O2/c1-16-11-24(35-39-16)27(38)36-10-9-19(15-36)26(37)33-23-8-7-21-13-18(23)6-5-17-3-2-4-20(12-17)32-28-30-14-22(29)25(31-21)34-28;3-2(4,5)1(6)7/h2-4,7-8,11-14,19H,5-6,9-10,15H2,1H3,(H,33,37)(H2,30,31,32,34);(H,6,7). The molecule has 4 N–H and O–H groups in total. The average Bonchev–Trinajstić information content (AvgIpc) is 3.68. The SMILES string of the molecule is Cc1cc(C(=O)N2CCC(C(=O)Nc3ccc4cc3CCc3cccc(c3)Nc3ncc(Cl)c(n3)N4)C2)no1.O=C(O)C(F)(F)F. The Morgan fingerprint density at radius 1 is 1.09 bits per heavy atom. The summed E-state index contributed by atoms with van der Waals surface area (Å²) in [6, 6.07) is 15.4. The number of carbonyl (C=O) groups excluding carboxylic acids is 2. The van der Waals surface area contributed by atoms with E-state index in [0.717, 1.165) is 34.6 Å². The quantitative estimate of drug-likeness (QED) is 0.213. The van der Waals surface area contributed by atoms with E-state index in [1.807, 2.05) is 30.3 Å². The number of aryl methyl sites for hydroxylation is 3. The number of aliphatic carboxylic acids is 1. The lowest BCUT2D eigenvalue weighted by Crippen LogP contribution is -2.31. The van der Waals surface area contributed by atoms with Crippen LogP contribution in [0.2, 0.25) is 5.02 Å². The van der Waals surface area contributed by atoms with Crippen LogP contribution in [-0.2, 0) is 22.4 Å². The molecule has 4 aromatic rings. The van der Waals surface area contributed by atoms with Crippen LogP contribution in [0.25, 0.3) is 0 Å². The Morgan fingerprint density at radius 3 is 2.57 bits per heavy atom. The van der Waals surface area contributed by atoms with Gasteiger partial charge in [-0.3, -0.25) is 9.59 Å². The lowest BCUT2D eigenvalue weighted by Gasteiger charge is -2.17. The highest BCUT2D eigenvalue weighted by atomic mass is 35.5. The van der Waals surface area contributed by atoms with E-state index in [-0.39, 0.29) is 23.4 Å². The second-order valence-corrected chi connectivity index (χ2v) is 11.0. The zero-order chi connectivity index (χ0) is 33.0. The second kappa shape index (κ2) is 13.4. The van der Waals surface area contributed by atoms with E-state index in [9.17, 15) is 22.8 Å². The summed E-state index contributed by atoms with van der Waals surface area (Å²) < 4.78 is 36.8. The van der Waals surface area contributed by atoms with Crippen LogP contribution >= 0.6 is 11.6 Å². The van der Waals surface area contributed by atoms with Crippen molar-refractivity contribution >= 4 is 58.2 Å². The summed E-state index contributed by atoms with van der Waals surface area (Å²) in [4.78, 5) is 45.4. The number of rotatable bonds is 3. The summed E-state index contributed by atoms with van der Waals surface area (Å²) in [6.07, 6.45) is -1.48. The monoisotopic (exact) mass is 657 g/mol. The fourth-order valence-corrected chi connectivity index (χ4v) is 5.03. The molecule has 2 amide bonds. The third-order valence-electron chi connectivity index (χ3n) is 7.17. The highest BCUT2D eigenvalue weighted by molar-refractivity contribution is 6.32. The number of carboxylic acids is 1. The first-order chi connectivity index (χ1) is 21.9. The van der Waals surface area contributed by atoms with Gasteiger partial charge in [-0.25, -0.2) is 9.78 Å². The summed E-state index contributed by atoms with van der Waals surface area (Å²) >= 11 is 6.37. The Balaban J connectivity index is 0.000000537. The maximum atomic E-state index is 13.3. The highest BCUT2D eigenvalue weighted by Gasteiger charge is 2.38.